The molecule has 5 aromatic carbocycles. The lowest BCUT2D eigenvalue weighted by molar-refractivity contribution is -0.972. The minimum absolute atomic E-state index is 0.977. The zero-order valence-corrected chi connectivity index (χ0v) is 37.9. The molecule has 5 aliphatic rings. The van der Waals surface area contributed by atoms with Gasteiger partial charge in [-0.15, -0.1) is 0 Å². The van der Waals surface area contributed by atoms with Crippen LogP contribution in [0.4, 0.5) is 0 Å². The van der Waals surface area contributed by atoms with Crippen LogP contribution in [0.3, 0.4) is 0 Å². The number of aromatic nitrogens is 2. The number of fused-ring (bicyclic) bond motifs is 28. The van der Waals surface area contributed by atoms with Crippen molar-refractivity contribution in [3.8, 4) is 22.5 Å². The molecule has 3 heteroatoms. The van der Waals surface area contributed by atoms with E-state index in [1.54, 1.807) is 11.1 Å². The van der Waals surface area contributed by atoms with E-state index in [-0.39, 0.29) is 0 Å². The summed E-state index contributed by atoms with van der Waals surface area (Å²) in [6, 6.07) is 46.1. The van der Waals surface area contributed by atoms with Gasteiger partial charge in [-0.2, -0.15) is 0 Å². The van der Waals surface area contributed by atoms with Gasteiger partial charge in [0.05, 0.1) is 11.4 Å². The van der Waals surface area contributed by atoms with Crippen LogP contribution < -0.4 is 0 Å². The van der Waals surface area contributed by atoms with Gasteiger partial charge in [0.2, 0.25) is 0 Å². The number of hydrogen-bond acceptors (Lipinski definition) is 2. The van der Waals surface area contributed by atoms with E-state index in [0.29, 0.717) is 0 Å². The van der Waals surface area contributed by atoms with Gasteiger partial charge in [0, 0.05) is 44.8 Å². The first kappa shape index (κ1) is 41.9. The number of aryl methyl sites for hydroxylation is 4. The Morgan fingerprint density at radius 1 is 0.349 bits per heavy atom. The van der Waals surface area contributed by atoms with Crippen LogP contribution in [0.1, 0.15) is 148 Å². The number of hydrogen-bond donors (Lipinski definition) is 0. The molecule has 0 amide bonds. The van der Waals surface area contributed by atoms with Gasteiger partial charge >= 0.3 is 0 Å². The fourth-order valence-corrected chi connectivity index (χ4v) is 11.8. The third-order valence-corrected chi connectivity index (χ3v) is 15.0. The Balaban J connectivity index is 1.14. The van der Waals surface area contributed by atoms with Crippen molar-refractivity contribution in [2.45, 2.75) is 155 Å². The monoisotopic (exact) mass is 831 g/mol. The molecule has 2 aromatic heterocycles. The topological polar surface area (TPSA) is 25.8 Å². The molecule has 5 heterocycles. The fourth-order valence-electron chi connectivity index (χ4n) is 11.8. The van der Waals surface area contributed by atoms with Crippen LogP contribution in [0.25, 0.3) is 44.1 Å². The normalized spacial score (nSPS) is 17.7. The molecule has 0 atom stereocenters. The van der Waals surface area contributed by atoms with E-state index in [2.05, 4.69) is 121 Å². The second-order valence-corrected chi connectivity index (χ2v) is 19.6. The third kappa shape index (κ3) is 9.42. The summed E-state index contributed by atoms with van der Waals surface area (Å²) in [6.45, 7) is 4.00. The highest BCUT2D eigenvalue weighted by Crippen LogP contribution is 2.44. The van der Waals surface area contributed by atoms with Crippen LogP contribution >= 0.6 is 0 Å². The minimum Gasteiger partial charge on any atom is -0.308 e. The molecule has 2 aliphatic carbocycles. The molecule has 0 fully saturated rings. The summed E-state index contributed by atoms with van der Waals surface area (Å²) in [5, 5.41) is 5.66. The van der Waals surface area contributed by atoms with Gasteiger partial charge in [0.1, 0.15) is 26.2 Å². The molecule has 3 aliphatic heterocycles. The summed E-state index contributed by atoms with van der Waals surface area (Å²) >= 11 is 0. The minimum atomic E-state index is 0.977. The van der Waals surface area contributed by atoms with Crippen LogP contribution in [-0.4, -0.2) is 14.5 Å². The van der Waals surface area contributed by atoms with Crippen molar-refractivity contribution in [3.63, 3.8) is 0 Å². The van der Waals surface area contributed by atoms with Crippen molar-refractivity contribution in [2.75, 3.05) is 0 Å². The maximum absolute atomic E-state index is 5.79. The SMILES string of the molecule is c1ccc(-c2nc3c(C[N+]4(Cc5cc6c(-c7ccccc7)nc5CCCCCCCCCC6)Cc5c(c6ccccc6c6ccccc56)C4)cc2CCCCCCCCCC3)cc1. The van der Waals surface area contributed by atoms with Crippen molar-refractivity contribution in [2.24, 2.45) is 0 Å². The maximum atomic E-state index is 5.79. The van der Waals surface area contributed by atoms with Crippen LogP contribution in [0.2, 0.25) is 0 Å². The summed E-state index contributed by atoms with van der Waals surface area (Å²) < 4.78 is 0.977. The summed E-state index contributed by atoms with van der Waals surface area (Å²) in [4.78, 5) is 11.6. The molecule has 0 unspecified atom stereocenters. The van der Waals surface area contributed by atoms with E-state index >= 15 is 0 Å². The Morgan fingerprint density at radius 2 is 0.683 bits per heavy atom. The molecular weight excluding hydrogens is 763 g/mol. The largest absolute Gasteiger partial charge is 0.308 e. The molecule has 3 nitrogen and oxygen atoms in total. The summed E-state index contributed by atoms with van der Waals surface area (Å²) in [7, 11) is 0. The van der Waals surface area contributed by atoms with Crippen LogP contribution in [-0.2, 0) is 51.9 Å². The predicted molar refractivity (Wildman–Crippen MR) is 265 cm³/mol. The van der Waals surface area contributed by atoms with Crippen molar-refractivity contribution < 1.29 is 4.48 Å². The van der Waals surface area contributed by atoms with Gasteiger partial charge < -0.3 is 4.48 Å². The van der Waals surface area contributed by atoms with Gasteiger partial charge in [-0.3, -0.25) is 9.97 Å². The first-order valence-electron chi connectivity index (χ1n) is 25.1. The van der Waals surface area contributed by atoms with Crippen molar-refractivity contribution in [1.29, 1.82) is 0 Å². The fraction of sp³-hybridized carbons (Fsp3) is 0.400. The molecule has 0 saturated carbocycles. The summed E-state index contributed by atoms with van der Waals surface area (Å²) in [5.74, 6) is 0. The molecule has 63 heavy (non-hydrogen) atoms. The maximum Gasteiger partial charge on any atom is 0.107 e. The van der Waals surface area contributed by atoms with Crippen LogP contribution in [0, 0.1) is 0 Å². The predicted octanol–water partition coefficient (Wildman–Crippen LogP) is 15.8. The van der Waals surface area contributed by atoms with E-state index in [9.17, 15) is 0 Å². The van der Waals surface area contributed by atoms with Gasteiger partial charge in [-0.1, -0.05) is 186 Å². The molecule has 0 radical (unpaired) electrons. The Bertz CT molecular complexity index is 2460. The molecule has 12 rings (SSSR count). The van der Waals surface area contributed by atoms with E-state index in [1.165, 1.54) is 180 Å². The Hall–Kier alpha value is -5.12. The molecule has 0 spiro atoms. The quantitative estimate of drug-likeness (QED) is 0.123. The standard InChI is InChI=1S/C60H68N3/c1-3-7-11-21-37-57-49(39-47(31-15-9-5-1)59(61-57)45-27-17-13-18-28-45)41-63(43-55-53-35-25-23-33-51(53)52-34-24-26-36-54(52)56(55)44-63)42-50-40-48-32-16-10-6-2-4-8-12-22-38-58(50)62-60(48)46-29-19-14-20-30-46/h13-14,17-20,23-30,33-36,39-40H,1-12,15-16,21-22,31-32,37-38,41-44H2/q+1. The number of benzene rings is 5. The lowest BCUT2D eigenvalue weighted by atomic mass is 9.93. The zero-order chi connectivity index (χ0) is 42.3. The van der Waals surface area contributed by atoms with E-state index in [4.69, 9.17) is 9.97 Å². The Morgan fingerprint density at radius 3 is 1.08 bits per heavy atom. The highest BCUT2D eigenvalue weighted by molar-refractivity contribution is 6.10. The lowest BCUT2D eigenvalue weighted by Gasteiger charge is -2.36. The van der Waals surface area contributed by atoms with Crippen LogP contribution in [0.5, 0.6) is 0 Å². The number of pyridine rings is 2. The average molecular weight is 831 g/mol. The van der Waals surface area contributed by atoms with E-state index in [1.807, 2.05) is 0 Å². The van der Waals surface area contributed by atoms with Gasteiger partial charge in [-0.25, -0.2) is 0 Å². The van der Waals surface area contributed by atoms with Gasteiger partial charge in [-0.05, 0) is 96.2 Å². The molecule has 322 valence electrons. The van der Waals surface area contributed by atoms with Crippen molar-refractivity contribution >= 4 is 21.5 Å². The lowest BCUT2D eigenvalue weighted by Crippen LogP contribution is -2.42. The second kappa shape index (κ2) is 19.7. The zero-order valence-electron chi connectivity index (χ0n) is 37.9. The summed E-state index contributed by atoms with van der Waals surface area (Å²) in [5.41, 5.74) is 16.6. The molecule has 4 bridgehead atoms. The van der Waals surface area contributed by atoms with E-state index in [0.717, 1.165) is 56.3 Å². The number of nitrogens with zero attached hydrogens (tertiary/aromatic N) is 3. The highest BCUT2D eigenvalue weighted by Gasteiger charge is 2.40. The number of rotatable bonds is 6. The Labute approximate surface area is 377 Å². The number of quaternary nitrogens is 1. The van der Waals surface area contributed by atoms with Crippen molar-refractivity contribution in [3.05, 3.63) is 166 Å². The molecular formula is C60H68N3+. The molecule has 0 N–H and O–H groups in total. The van der Waals surface area contributed by atoms with Gasteiger partial charge in [0.25, 0.3) is 0 Å². The smallest absolute Gasteiger partial charge is 0.107 e. The van der Waals surface area contributed by atoms with Gasteiger partial charge in [0.15, 0.2) is 0 Å². The highest BCUT2D eigenvalue weighted by atomic mass is 15.4. The summed E-state index contributed by atoms with van der Waals surface area (Å²) in [6.07, 6.45) is 25.2. The van der Waals surface area contributed by atoms with E-state index < -0.39 is 0 Å². The first-order valence-corrected chi connectivity index (χ1v) is 25.1. The van der Waals surface area contributed by atoms with Crippen LogP contribution in [0.15, 0.2) is 121 Å². The first-order chi connectivity index (χ1) is 31.2. The van der Waals surface area contributed by atoms with Crippen molar-refractivity contribution in [1.82, 2.24) is 9.97 Å². The second-order valence-electron chi connectivity index (χ2n) is 19.6. The average Bonchev–Trinajstić information content (AvgIpc) is 3.70. The molecule has 7 aromatic rings. The molecule has 0 saturated heterocycles. The Kier molecular flexibility index (Phi) is 13.1. The third-order valence-electron chi connectivity index (χ3n) is 15.0.